The van der Waals surface area contributed by atoms with Crippen molar-refractivity contribution in [2.75, 3.05) is 7.11 Å². The van der Waals surface area contributed by atoms with Gasteiger partial charge in [-0.15, -0.1) is 0 Å². The van der Waals surface area contributed by atoms with Crippen molar-refractivity contribution in [2.45, 2.75) is 39.2 Å². The molecule has 1 aliphatic rings. The van der Waals surface area contributed by atoms with E-state index in [0.717, 1.165) is 18.6 Å². The predicted molar refractivity (Wildman–Crippen MR) is 81.7 cm³/mol. The Kier molecular flexibility index (Phi) is 3.30. The van der Waals surface area contributed by atoms with Crippen LogP contribution in [-0.2, 0) is 6.42 Å². The Morgan fingerprint density at radius 2 is 2.05 bits per heavy atom. The average molecular weight is 270 g/mol. The van der Waals surface area contributed by atoms with Crippen LogP contribution in [0, 0.1) is 13.8 Å². The van der Waals surface area contributed by atoms with Gasteiger partial charge in [0.15, 0.2) is 0 Å². The quantitative estimate of drug-likeness (QED) is 0.908. The third kappa shape index (κ3) is 2.02. The molecule has 1 aliphatic carbocycles. The van der Waals surface area contributed by atoms with Gasteiger partial charge in [0.05, 0.1) is 7.11 Å². The van der Waals surface area contributed by atoms with Crippen molar-refractivity contribution in [3.8, 4) is 11.4 Å². The van der Waals surface area contributed by atoms with Crippen LogP contribution in [0.15, 0.2) is 24.3 Å². The number of ether oxygens (including phenoxy) is 1. The van der Waals surface area contributed by atoms with Gasteiger partial charge in [0.2, 0.25) is 0 Å². The van der Waals surface area contributed by atoms with Gasteiger partial charge in [0.25, 0.3) is 0 Å². The molecule has 3 heteroatoms. The summed E-state index contributed by atoms with van der Waals surface area (Å²) in [6.07, 6.45) is 3.38. The van der Waals surface area contributed by atoms with Crippen molar-refractivity contribution in [1.29, 1.82) is 0 Å². The number of nitrogens with zero attached hydrogens (tertiary/aromatic N) is 1. The van der Waals surface area contributed by atoms with Gasteiger partial charge >= 0.3 is 0 Å². The molecule has 0 radical (unpaired) electrons. The summed E-state index contributed by atoms with van der Waals surface area (Å²) >= 11 is 0. The molecule has 1 unspecified atom stereocenters. The lowest BCUT2D eigenvalue weighted by molar-refractivity contribution is 0.414. The highest BCUT2D eigenvalue weighted by Crippen LogP contribution is 2.34. The highest BCUT2D eigenvalue weighted by Gasteiger charge is 2.23. The summed E-state index contributed by atoms with van der Waals surface area (Å²) in [5.74, 6) is 0.904. The van der Waals surface area contributed by atoms with E-state index in [2.05, 4.69) is 36.6 Å². The van der Waals surface area contributed by atoms with Crippen LogP contribution < -0.4 is 10.5 Å². The molecular weight excluding hydrogens is 248 g/mol. The summed E-state index contributed by atoms with van der Waals surface area (Å²) in [7, 11) is 1.70. The van der Waals surface area contributed by atoms with Crippen LogP contribution in [0.5, 0.6) is 5.75 Å². The molecule has 3 rings (SSSR count). The van der Waals surface area contributed by atoms with Crippen molar-refractivity contribution in [2.24, 2.45) is 5.73 Å². The van der Waals surface area contributed by atoms with Gasteiger partial charge in [-0.25, -0.2) is 0 Å². The molecule has 1 heterocycles. The number of nitrogens with two attached hydrogens (primary N) is 1. The summed E-state index contributed by atoms with van der Waals surface area (Å²) in [5, 5.41) is 0. The van der Waals surface area contributed by atoms with Gasteiger partial charge in [-0.3, -0.25) is 0 Å². The molecule has 1 atom stereocenters. The number of hydrogen-bond donors (Lipinski definition) is 1. The minimum atomic E-state index is 0.192. The highest BCUT2D eigenvalue weighted by atomic mass is 16.5. The Morgan fingerprint density at radius 1 is 1.25 bits per heavy atom. The SMILES string of the molecule is COc1ccc(-n2c(C)cc3c2CCCC3N)c(C)c1. The standard InChI is InChI=1S/C17H22N2O/c1-11-9-13(20-3)7-8-16(11)19-12(2)10-14-15(18)5-4-6-17(14)19/h7-10,15H,4-6,18H2,1-3H3. The summed E-state index contributed by atoms with van der Waals surface area (Å²) in [6.45, 7) is 4.29. The Balaban J connectivity index is 2.15. The number of methoxy groups -OCH3 is 1. The zero-order valence-electron chi connectivity index (χ0n) is 12.4. The molecule has 2 N–H and O–H groups in total. The monoisotopic (exact) mass is 270 g/mol. The Bertz CT molecular complexity index is 643. The lowest BCUT2D eigenvalue weighted by Crippen LogP contribution is -2.18. The number of aryl methyl sites for hydroxylation is 2. The zero-order valence-corrected chi connectivity index (χ0v) is 12.4. The summed E-state index contributed by atoms with van der Waals surface area (Å²) in [4.78, 5) is 0. The first kappa shape index (κ1) is 13.3. The normalized spacial score (nSPS) is 17.9. The first-order valence-corrected chi connectivity index (χ1v) is 7.23. The molecule has 0 amide bonds. The second kappa shape index (κ2) is 4.98. The molecule has 106 valence electrons. The number of aromatic nitrogens is 1. The van der Waals surface area contributed by atoms with Gasteiger partial charge in [-0.05, 0) is 68.5 Å². The average Bonchev–Trinajstić information content (AvgIpc) is 2.77. The summed E-state index contributed by atoms with van der Waals surface area (Å²) < 4.78 is 7.66. The number of benzene rings is 1. The minimum absolute atomic E-state index is 0.192. The van der Waals surface area contributed by atoms with E-state index in [9.17, 15) is 0 Å². The summed E-state index contributed by atoms with van der Waals surface area (Å²) in [5.41, 5.74) is 12.7. The highest BCUT2D eigenvalue weighted by molar-refractivity contribution is 5.50. The molecule has 0 fully saturated rings. The van der Waals surface area contributed by atoms with Crippen molar-refractivity contribution < 1.29 is 4.74 Å². The molecule has 0 saturated heterocycles. The Hall–Kier alpha value is -1.74. The van der Waals surface area contributed by atoms with Crippen LogP contribution in [0.1, 0.15) is 41.4 Å². The maximum Gasteiger partial charge on any atom is 0.119 e. The van der Waals surface area contributed by atoms with Crippen LogP contribution in [-0.4, -0.2) is 11.7 Å². The molecule has 2 aromatic rings. The lowest BCUT2D eigenvalue weighted by atomic mass is 9.93. The maximum absolute atomic E-state index is 6.26. The van der Waals surface area contributed by atoms with E-state index in [-0.39, 0.29) is 6.04 Å². The molecule has 3 nitrogen and oxygen atoms in total. The van der Waals surface area contributed by atoms with E-state index >= 15 is 0 Å². The third-order valence-electron chi connectivity index (χ3n) is 4.29. The fourth-order valence-electron chi connectivity index (χ4n) is 3.28. The molecule has 0 saturated carbocycles. The molecule has 0 spiro atoms. The smallest absolute Gasteiger partial charge is 0.119 e. The van der Waals surface area contributed by atoms with Crippen LogP contribution in [0.3, 0.4) is 0 Å². The Morgan fingerprint density at radius 3 is 2.75 bits per heavy atom. The van der Waals surface area contributed by atoms with Crippen molar-refractivity contribution in [3.63, 3.8) is 0 Å². The van der Waals surface area contributed by atoms with E-state index < -0.39 is 0 Å². The van der Waals surface area contributed by atoms with Crippen LogP contribution in [0.25, 0.3) is 5.69 Å². The largest absolute Gasteiger partial charge is 0.497 e. The van der Waals surface area contributed by atoms with E-state index in [1.807, 2.05) is 6.07 Å². The maximum atomic E-state index is 6.26. The minimum Gasteiger partial charge on any atom is -0.497 e. The molecule has 0 bridgehead atoms. The Labute approximate surface area is 120 Å². The first-order valence-electron chi connectivity index (χ1n) is 7.23. The van der Waals surface area contributed by atoms with Crippen molar-refractivity contribution in [1.82, 2.24) is 4.57 Å². The molecular formula is C17H22N2O. The first-order chi connectivity index (χ1) is 9.61. The van der Waals surface area contributed by atoms with Crippen LogP contribution in [0.4, 0.5) is 0 Å². The van der Waals surface area contributed by atoms with E-state index in [1.54, 1.807) is 7.11 Å². The number of rotatable bonds is 2. The second-order valence-electron chi connectivity index (χ2n) is 5.67. The number of hydrogen-bond acceptors (Lipinski definition) is 2. The van der Waals surface area contributed by atoms with Gasteiger partial charge < -0.3 is 15.0 Å². The summed E-state index contributed by atoms with van der Waals surface area (Å²) in [6, 6.07) is 8.70. The van der Waals surface area contributed by atoms with Gasteiger partial charge in [0, 0.05) is 23.1 Å². The fraction of sp³-hybridized carbons (Fsp3) is 0.412. The lowest BCUT2D eigenvalue weighted by Gasteiger charge is -2.22. The molecule has 1 aromatic carbocycles. The van der Waals surface area contributed by atoms with Crippen molar-refractivity contribution in [3.05, 3.63) is 46.8 Å². The predicted octanol–water partition coefficient (Wildman–Crippen LogP) is 3.44. The third-order valence-corrected chi connectivity index (χ3v) is 4.29. The topological polar surface area (TPSA) is 40.2 Å². The van der Waals surface area contributed by atoms with Gasteiger partial charge in [0.1, 0.15) is 5.75 Å². The van der Waals surface area contributed by atoms with Crippen LogP contribution in [0.2, 0.25) is 0 Å². The zero-order chi connectivity index (χ0) is 14.3. The molecule has 20 heavy (non-hydrogen) atoms. The van der Waals surface area contributed by atoms with Gasteiger partial charge in [-0.2, -0.15) is 0 Å². The number of fused-ring (bicyclic) bond motifs is 1. The van der Waals surface area contributed by atoms with Gasteiger partial charge in [-0.1, -0.05) is 0 Å². The second-order valence-corrected chi connectivity index (χ2v) is 5.67. The van der Waals surface area contributed by atoms with Crippen LogP contribution >= 0.6 is 0 Å². The van der Waals surface area contributed by atoms with E-state index in [1.165, 1.54) is 34.6 Å². The van der Waals surface area contributed by atoms with E-state index in [0.29, 0.717) is 0 Å². The molecule has 1 aromatic heterocycles. The fourth-order valence-corrected chi connectivity index (χ4v) is 3.28. The van der Waals surface area contributed by atoms with Crippen molar-refractivity contribution >= 4 is 0 Å². The van der Waals surface area contributed by atoms with E-state index in [4.69, 9.17) is 10.5 Å². The molecule has 0 aliphatic heterocycles.